The van der Waals surface area contributed by atoms with Crippen molar-refractivity contribution in [1.29, 1.82) is 0 Å². The van der Waals surface area contributed by atoms with Gasteiger partial charge in [-0.15, -0.1) is 11.3 Å². The van der Waals surface area contributed by atoms with E-state index in [9.17, 15) is 0 Å². The van der Waals surface area contributed by atoms with E-state index in [1.165, 1.54) is 10.7 Å². The van der Waals surface area contributed by atoms with E-state index >= 15 is 0 Å². The fourth-order valence-corrected chi connectivity index (χ4v) is 4.99. The van der Waals surface area contributed by atoms with Crippen molar-refractivity contribution in [2.75, 3.05) is 0 Å². The second-order valence-electron chi connectivity index (χ2n) is 22.2. The van der Waals surface area contributed by atoms with Crippen LogP contribution in [0.1, 0.15) is 211 Å². The van der Waals surface area contributed by atoms with Gasteiger partial charge in [0.1, 0.15) is 17.3 Å². The van der Waals surface area contributed by atoms with Crippen LogP contribution in [0.3, 0.4) is 0 Å². The second-order valence-corrected chi connectivity index (χ2v) is 23.1. The second kappa shape index (κ2) is 16.3. The molecule has 0 spiro atoms. The van der Waals surface area contributed by atoms with Gasteiger partial charge < -0.3 is 9.05 Å². The smallest absolute Gasteiger partial charge is 0.156 e. The van der Waals surface area contributed by atoms with Crippen LogP contribution < -0.4 is 0 Å². The molecule has 4 rings (SSSR count). The highest BCUT2D eigenvalue weighted by molar-refractivity contribution is 7.09. The quantitative estimate of drug-likeness (QED) is 0.191. The zero-order valence-corrected chi connectivity index (χ0v) is 38.5. The van der Waals surface area contributed by atoms with Gasteiger partial charge in [-0.05, 0) is 0 Å². The molecular formula is C43H76N6O2S. The van der Waals surface area contributed by atoms with E-state index in [0.29, 0.717) is 0 Å². The molecule has 9 heteroatoms. The molecule has 0 aliphatic rings. The maximum atomic E-state index is 5.31. The minimum atomic E-state index is 0.0278. The normalized spacial score (nSPS) is 13.4. The van der Waals surface area contributed by atoms with Gasteiger partial charge in [0.25, 0.3) is 0 Å². The Morgan fingerprint density at radius 2 is 0.827 bits per heavy atom. The highest BCUT2D eigenvalue weighted by Gasteiger charge is 2.27. The van der Waals surface area contributed by atoms with Crippen molar-refractivity contribution >= 4 is 11.3 Å². The summed E-state index contributed by atoms with van der Waals surface area (Å²) in [5.74, 6) is 3.75. The van der Waals surface area contributed by atoms with Crippen molar-refractivity contribution in [2.24, 2.45) is 0 Å². The zero-order valence-electron chi connectivity index (χ0n) is 37.7. The Labute approximate surface area is 322 Å². The molecule has 0 fully saturated rings. The summed E-state index contributed by atoms with van der Waals surface area (Å²) in [5.41, 5.74) is 3.97. The summed E-state index contributed by atoms with van der Waals surface area (Å²) in [5, 5.41) is 18.8. The van der Waals surface area contributed by atoms with Crippen LogP contribution in [0.5, 0.6) is 0 Å². The lowest BCUT2D eigenvalue weighted by Gasteiger charge is -2.17. The van der Waals surface area contributed by atoms with Gasteiger partial charge >= 0.3 is 0 Å². The van der Waals surface area contributed by atoms with Gasteiger partial charge in [-0.25, -0.2) is 9.97 Å². The van der Waals surface area contributed by atoms with Gasteiger partial charge in [0.05, 0.1) is 22.1 Å². The molecule has 0 aliphatic heterocycles. The van der Waals surface area contributed by atoms with Crippen LogP contribution in [-0.4, -0.2) is 30.5 Å². The van der Waals surface area contributed by atoms with Crippen molar-refractivity contribution < 1.29 is 9.05 Å². The van der Waals surface area contributed by atoms with Crippen LogP contribution >= 0.6 is 11.3 Å². The lowest BCUT2D eigenvalue weighted by Crippen LogP contribution is -2.16. The third-order valence-corrected chi connectivity index (χ3v) is 9.08. The fraction of sp³-hybridized carbons (Fsp3) is 0.744. The summed E-state index contributed by atoms with van der Waals surface area (Å²) in [6.07, 6.45) is 0. The predicted octanol–water partition coefficient (Wildman–Crippen LogP) is 12.7. The first-order valence-electron chi connectivity index (χ1n) is 18.7. The van der Waals surface area contributed by atoms with E-state index in [1.807, 2.05) is 0 Å². The molecule has 4 heterocycles. The number of H-pyrrole nitrogens is 1. The standard InChI is InChI=1S/2C11H19NO.C11H19NS.C10H19N3/c2*1-10(2,3)8-7-9(13-12-8)11(4,5)6;1-10(2,3)8-7-13-9(12-8)11(4,5)6;1-9(2,3)7-11-8(13-12-7)10(4,5)6/h3*7H,1-6H3;1-6H3,(H,11,12,13). The van der Waals surface area contributed by atoms with Crippen molar-refractivity contribution in [3.8, 4) is 0 Å². The number of nitrogens with one attached hydrogen (secondary N) is 1. The number of nitrogens with zero attached hydrogens (tertiary/aromatic N) is 5. The molecule has 0 bridgehead atoms. The minimum absolute atomic E-state index is 0.0278. The molecule has 4 aromatic rings. The van der Waals surface area contributed by atoms with Crippen molar-refractivity contribution in [3.63, 3.8) is 0 Å². The third kappa shape index (κ3) is 15.3. The number of aromatic nitrogens is 6. The first-order chi connectivity index (χ1) is 22.8. The van der Waals surface area contributed by atoms with Crippen LogP contribution in [0.25, 0.3) is 0 Å². The Morgan fingerprint density at radius 1 is 0.442 bits per heavy atom. The van der Waals surface area contributed by atoms with Crippen LogP contribution in [0, 0.1) is 0 Å². The maximum absolute atomic E-state index is 5.31. The summed E-state index contributed by atoms with van der Waals surface area (Å²) in [6, 6.07) is 4.11. The van der Waals surface area contributed by atoms with Gasteiger partial charge in [0, 0.05) is 60.8 Å². The molecule has 0 aliphatic carbocycles. The highest BCUT2D eigenvalue weighted by atomic mass is 32.1. The molecule has 4 aromatic heterocycles. The minimum Gasteiger partial charge on any atom is -0.361 e. The van der Waals surface area contributed by atoms with E-state index in [1.54, 1.807) is 11.3 Å². The Kier molecular flexibility index (Phi) is 14.8. The molecule has 0 saturated heterocycles. The molecule has 296 valence electrons. The number of hydrogen-bond acceptors (Lipinski definition) is 8. The first-order valence-corrected chi connectivity index (χ1v) is 19.6. The monoisotopic (exact) mass is 741 g/mol. The average Bonchev–Trinajstić information content (AvgIpc) is 3.72. The largest absolute Gasteiger partial charge is 0.361 e. The Hall–Kier alpha value is -2.81. The molecule has 8 nitrogen and oxygen atoms in total. The maximum Gasteiger partial charge on any atom is 0.156 e. The van der Waals surface area contributed by atoms with Crippen LogP contribution in [0.15, 0.2) is 26.6 Å². The SMILES string of the molecule is CC(C)(C)c1cc(C(C)(C)C)on1.CC(C)(C)c1cc(C(C)(C)C)on1.CC(C)(C)c1csc(C(C)(C)C)n1.CC(C)(C)c1n[nH]c(C(C)(C)C)n1. The zero-order chi connectivity index (χ0) is 41.1. The van der Waals surface area contributed by atoms with E-state index < -0.39 is 0 Å². The van der Waals surface area contributed by atoms with E-state index in [4.69, 9.17) is 9.05 Å². The van der Waals surface area contributed by atoms with Crippen LogP contribution in [0.4, 0.5) is 0 Å². The number of rotatable bonds is 0. The van der Waals surface area contributed by atoms with Gasteiger partial charge in [-0.3, -0.25) is 5.10 Å². The van der Waals surface area contributed by atoms with Crippen LogP contribution in [0.2, 0.25) is 0 Å². The van der Waals surface area contributed by atoms with E-state index in [2.05, 4.69) is 214 Å². The molecular weight excluding hydrogens is 665 g/mol. The molecule has 52 heavy (non-hydrogen) atoms. The molecule has 0 saturated carbocycles. The van der Waals surface area contributed by atoms with Gasteiger partial charge in [0.15, 0.2) is 5.82 Å². The lowest BCUT2D eigenvalue weighted by atomic mass is 9.88. The molecule has 0 radical (unpaired) electrons. The summed E-state index contributed by atoms with van der Waals surface area (Å²) in [6.45, 7) is 51.5. The number of hydrogen-bond donors (Lipinski definition) is 1. The predicted molar refractivity (Wildman–Crippen MR) is 221 cm³/mol. The Balaban J connectivity index is 0.000000347. The summed E-state index contributed by atoms with van der Waals surface area (Å²) >= 11 is 1.77. The highest BCUT2D eigenvalue weighted by Crippen LogP contribution is 2.31. The fourth-order valence-electron chi connectivity index (χ4n) is 3.86. The summed E-state index contributed by atoms with van der Waals surface area (Å²) in [7, 11) is 0. The van der Waals surface area contributed by atoms with Crippen molar-refractivity contribution in [1.82, 2.24) is 30.5 Å². The van der Waals surface area contributed by atoms with Crippen molar-refractivity contribution in [3.05, 3.63) is 62.8 Å². The molecule has 0 atom stereocenters. The number of aromatic amines is 1. The van der Waals surface area contributed by atoms with Gasteiger partial charge in [0.2, 0.25) is 0 Å². The van der Waals surface area contributed by atoms with Crippen molar-refractivity contribution in [2.45, 2.75) is 209 Å². The van der Waals surface area contributed by atoms with E-state index in [0.717, 1.165) is 34.6 Å². The van der Waals surface area contributed by atoms with Gasteiger partial charge in [-0.2, -0.15) is 5.10 Å². The van der Waals surface area contributed by atoms with Crippen LogP contribution in [-0.2, 0) is 43.3 Å². The topological polar surface area (TPSA) is 107 Å². The van der Waals surface area contributed by atoms with E-state index in [-0.39, 0.29) is 43.3 Å². The molecule has 0 aromatic carbocycles. The van der Waals surface area contributed by atoms with Gasteiger partial charge in [-0.1, -0.05) is 176 Å². The molecule has 0 amide bonds. The first kappa shape index (κ1) is 47.2. The Bertz CT molecular complexity index is 1280. The summed E-state index contributed by atoms with van der Waals surface area (Å²) in [4.78, 5) is 9.16. The third-order valence-electron chi connectivity index (χ3n) is 7.82. The average molecular weight is 741 g/mol. The molecule has 0 unspecified atom stereocenters. The molecule has 1 N–H and O–H groups in total. The lowest BCUT2D eigenvalue weighted by molar-refractivity contribution is 0.319. The summed E-state index contributed by atoms with van der Waals surface area (Å²) < 4.78 is 10.6. The number of thiazole rings is 1. The Morgan fingerprint density at radius 3 is 1.00 bits per heavy atom.